The van der Waals surface area contributed by atoms with Crippen LogP contribution >= 0.6 is 31.9 Å². The zero-order chi connectivity index (χ0) is 15.4. The summed E-state index contributed by atoms with van der Waals surface area (Å²) in [5.41, 5.74) is 2.19. The normalized spacial score (nSPS) is 12.2. The van der Waals surface area contributed by atoms with Crippen molar-refractivity contribution in [2.24, 2.45) is 0 Å². The highest BCUT2D eigenvalue weighted by atomic mass is 79.9. The number of hydrogen-bond donors (Lipinski definition) is 1. The van der Waals surface area contributed by atoms with Gasteiger partial charge in [0, 0.05) is 12.6 Å². The zero-order valence-corrected chi connectivity index (χ0v) is 15.0. The van der Waals surface area contributed by atoms with E-state index in [1.807, 2.05) is 12.1 Å². The van der Waals surface area contributed by atoms with Gasteiger partial charge in [0.25, 0.3) is 0 Å². The Kier molecular flexibility index (Phi) is 5.79. The summed E-state index contributed by atoms with van der Waals surface area (Å²) in [6, 6.07) is 10.7. The summed E-state index contributed by atoms with van der Waals surface area (Å²) in [6.45, 7) is 2.76. The molecule has 2 aromatic carbocycles. The van der Waals surface area contributed by atoms with Crippen molar-refractivity contribution in [3.8, 4) is 5.75 Å². The second-order valence-electron chi connectivity index (χ2n) is 4.75. The van der Waals surface area contributed by atoms with E-state index in [4.69, 9.17) is 4.74 Å². The third-order valence-electron chi connectivity index (χ3n) is 3.24. The van der Waals surface area contributed by atoms with Crippen molar-refractivity contribution < 1.29 is 9.13 Å². The van der Waals surface area contributed by atoms with Gasteiger partial charge in [0.15, 0.2) is 0 Å². The SMILES string of the molecule is COc1c(Br)cc(CN[C@H](C)c2ccc(F)cc2)cc1Br. The Hall–Kier alpha value is -0.910. The Bertz CT molecular complexity index is 593. The molecule has 5 heteroatoms. The Morgan fingerprint density at radius 3 is 2.24 bits per heavy atom. The number of rotatable bonds is 5. The fourth-order valence-corrected chi connectivity index (χ4v) is 3.65. The molecule has 0 amide bonds. The van der Waals surface area contributed by atoms with Gasteiger partial charge in [-0.1, -0.05) is 12.1 Å². The largest absolute Gasteiger partial charge is 0.494 e. The number of ether oxygens (including phenoxy) is 1. The molecule has 2 nitrogen and oxygen atoms in total. The topological polar surface area (TPSA) is 21.3 Å². The van der Waals surface area contributed by atoms with E-state index in [9.17, 15) is 4.39 Å². The molecule has 0 bridgehead atoms. The van der Waals surface area contributed by atoms with Crippen molar-refractivity contribution in [2.45, 2.75) is 19.5 Å². The van der Waals surface area contributed by atoms with Gasteiger partial charge in [-0.05, 0) is 74.2 Å². The minimum Gasteiger partial charge on any atom is -0.494 e. The predicted molar refractivity (Wildman–Crippen MR) is 90.0 cm³/mol. The highest BCUT2D eigenvalue weighted by molar-refractivity contribution is 9.11. The quantitative estimate of drug-likeness (QED) is 0.722. The molecule has 1 N–H and O–H groups in total. The monoisotopic (exact) mass is 415 g/mol. The fourth-order valence-electron chi connectivity index (χ4n) is 2.05. The maximum atomic E-state index is 12.9. The Balaban J connectivity index is 2.04. The van der Waals surface area contributed by atoms with Crippen LogP contribution < -0.4 is 10.1 Å². The molecule has 0 spiro atoms. The van der Waals surface area contributed by atoms with Gasteiger partial charge < -0.3 is 10.1 Å². The zero-order valence-electron chi connectivity index (χ0n) is 11.8. The lowest BCUT2D eigenvalue weighted by Crippen LogP contribution is -2.18. The summed E-state index contributed by atoms with van der Waals surface area (Å²) in [6.07, 6.45) is 0. The third kappa shape index (κ3) is 4.28. The third-order valence-corrected chi connectivity index (χ3v) is 4.42. The highest BCUT2D eigenvalue weighted by Crippen LogP contribution is 2.34. The van der Waals surface area contributed by atoms with Crippen LogP contribution in [0.2, 0.25) is 0 Å². The van der Waals surface area contributed by atoms with Crippen molar-refractivity contribution >= 4 is 31.9 Å². The van der Waals surface area contributed by atoms with Gasteiger partial charge in [-0.2, -0.15) is 0 Å². The van der Waals surface area contributed by atoms with Crippen LogP contribution in [-0.2, 0) is 6.54 Å². The van der Waals surface area contributed by atoms with Crippen LogP contribution in [0.5, 0.6) is 5.75 Å². The maximum absolute atomic E-state index is 12.9. The van der Waals surface area contributed by atoms with Gasteiger partial charge in [-0.15, -0.1) is 0 Å². The van der Waals surface area contributed by atoms with Gasteiger partial charge >= 0.3 is 0 Å². The molecule has 0 saturated carbocycles. The molecule has 0 aromatic heterocycles. The van der Waals surface area contributed by atoms with Crippen LogP contribution in [0.1, 0.15) is 24.1 Å². The van der Waals surface area contributed by atoms with Crippen LogP contribution in [0.15, 0.2) is 45.3 Å². The van der Waals surface area contributed by atoms with E-state index in [1.54, 1.807) is 19.2 Å². The average molecular weight is 417 g/mol. The molecule has 1 atom stereocenters. The first-order valence-electron chi connectivity index (χ1n) is 6.52. The first kappa shape index (κ1) is 16.5. The molecule has 0 fully saturated rings. The lowest BCUT2D eigenvalue weighted by Gasteiger charge is -2.15. The summed E-state index contributed by atoms with van der Waals surface area (Å²) < 4.78 is 20.0. The van der Waals surface area contributed by atoms with Gasteiger partial charge in [0.2, 0.25) is 0 Å². The molecule has 0 heterocycles. The van der Waals surface area contributed by atoms with Gasteiger partial charge in [0.1, 0.15) is 11.6 Å². The number of methoxy groups -OCH3 is 1. The van der Waals surface area contributed by atoms with Gasteiger partial charge in [0.05, 0.1) is 16.1 Å². The summed E-state index contributed by atoms with van der Waals surface area (Å²) in [5, 5.41) is 3.42. The molecule has 0 unspecified atom stereocenters. The average Bonchev–Trinajstić information content (AvgIpc) is 2.45. The van der Waals surface area contributed by atoms with Crippen molar-refractivity contribution in [2.75, 3.05) is 7.11 Å². The Morgan fingerprint density at radius 2 is 1.71 bits per heavy atom. The first-order chi connectivity index (χ1) is 10.0. The summed E-state index contributed by atoms with van der Waals surface area (Å²) in [4.78, 5) is 0. The van der Waals surface area contributed by atoms with Crippen LogP contribution in [0.3, 0.4) is 0 Å². The second-order valence-corrected chi connectivity index (χ2v) is 6.46. The predicted octanol–water partition coefficient (Wildman–Crippen LogP) is 5.21. The van der Waals surface area contributed by atoms with Crippen molar-refractivity contribution in [1.82, 2.24) is 5.32 Å². The Labute approximate surface area is 141 Å². The Morgan fingerprint density at radius 1 is 1.14 bits per heavy atom. The molecular formula is C16H16Br2FNO. The molecule has 2 aromatic rings. The van der Waals surface area contributed by atoms with Crippen molar-refractivity contribution in [3.63, 3.8) is 0 Å². The van der Waals surface area contributed by atoms with E-state index >= 15 is 0 Å². The van der Waals surface area contributed by atoms with Crippen LogP contribution in [-0.4, -0.2) is 7.11 Å². The van der Waals surface area contributed by atoms with E-state index in [1.165, 1.54) is 12.1 Å². The lowest BCUT2D eigenvalue weighted by molar-refractivity contribution is 0.409. The minimum absolute atomic E-state index is 0.144. The molecule has 0 aliphatic rings. The molecular weight excluding hydrogens is 401 g/mol. The lowest BCUT2D eigenvalue weighted by atomic mass is 10.1. The summed E-state index contributed by atoms with van der Waals surface area (Å²) >= 11 is 6.99. The van der Waals surface area contributed by atoms with E-state index in [0.29, 0.717) is 6.54 Å². The smallest absolute Gasteiger partial charge is 0.147 e. The standard InChI is InChI=1S/C16H16Br2FNO/c1-10(12-3-5-13(19)6-4-12)20-9-11-7-14(17)16(21-2)15(18)8-11/h3-8,10,20H,9H2,1-2H3/t10-/m1/s1. The van der Waals surface area contributed by atoms with Crippen molar-refractivity contribution in [3.05, 3.63) is 62.3 Å². The molecule has 0 aliphatic carbocycles. The number of benzene rings is 2. The summed E-state index contributed by atoms with van der Waals surface area (Å²) in [7, 11) is 1.64. The number of halogens is 3. The second kappa shape index (κ2) is 7.38. The van der Waals surface area contributed by atoms with Crippen molar-refractivity contribution in [1.29, 1.82) is 0 Å². The molecule has 0 saturated heterocycles. The fraction of sp³-hybridized carbons (Fsp3) is 0.250. The minimum atomic E-state index is -0.214. The number of hydrogen-bond acceptors (Lipinski definition) is 2. The number of nitrogens with one attached hydrogen (secondary N) is 1. The highest BCUT2D eigenvalue weighted by Gasteiger charge is 2.09. The molecule has 0 radical (unpaired) electrons. The van der Waals surface area contributed by atoms with Crippen LogP contribution in [0, 0.1) is 5.82 Å². The van der Waals surface area contributed by atoms with Crippen LogP contribution in [0.4, 0.5) is 4.39 Å². The van der Waals surface area contributed by atoms with E-state index in [-0.39, 0.29) is 11.9 Å². The molecule has 112 valence electrons. The van der Waals surface area contributed by atoms with Gasteiger partial charge in [-0.25, -0.2) is 4.39 Å². The molecule has 0 aliphatic heterocycles. The summed E-state index contributed by atoms with van der Waals surface area (Å²) in [5.74, 6) is 0.569. The molecule has 21 heavy (non-hydrogen) atoms. The first-order valence-corrected chi connectivity index (χ1v) is 8.10. The molecule has 2 rings (SSSR count). The van der Waals surface area contributed by atoms with E-state index < -0.39 is 0 Å². The van der Waals surface area contributed by atoms with E-state index in [2.05, 4.69) is 44.1 Å². The van der Waals surface area contributed by atoms with Crippen LogP contribution in [0.25, 0.3) is 0 Å². The van der Waals surface area contributed by atoms with E-state index in [0.717, 1.165) is 25.8 Å². The van der Waals surface area contributed by atoms with Gasteiger partial charge in [-0.3, -0.25) is 0 Å². The maximum Gasteiger partial charge on any atom is 0.147 e.